The Morgan fingerprint density at radius 3 is 2.50 bits per heavy atom. The Hall–Kier alpha value is -2.76. The molecule has 0 aliphatic heterocycles. The summed E-state index contributed by atoms with van der Waals surface area (Å²) in [7, 11) is 0. The Kier molecular flexibility index (Phi) is 6.40. The standard InChI is InChI=1S/C14H18N4O2/c1-3-7-19-12-6-5-11(10-17-18-14(15)16)13(9-12)20-8-4-2/h3-6,9-10H,1-2,7-8H2,(H4,15,16,18). The minimum atomic E-state index is -0.110. The van der Waals surface area contributed by atoms with E-state index in [-0.39, 0.29) is 5.96 Å². The maximum atomic E-state index is 5.54. The predicted molar refractivity (Wildman–Crippen MR) is 81.2 cm³/mol. The zero-order valence-corrected chi connectivity index (χ0v) is 11.2. The van der Waals surface area contributed by atoms with Crippen LogP contribution in [0, 0.1) is 0 Å². The van der Waals surface area contributed by atoms with Crippen molar-refractivity contribution in [2.45, 2.75) is 0 Å². The highest BCUT2D eigenvalue weighted by Gasteiger charge is 2.04. The van der Waals surface area contributed by atoms with E-state index in [4.69, 9.17) is 20.9 Å². The third-order valence-corrected chi connectivity index (χ3v) is 2.08. The Bertz CT molecular complexity index is 520. The second kappa shape index (κ2) is 8.36. The molecule has 20 heavy (non-hydrogen) atoms. The van der Waals surface area contributed by atoms with Gasteiger partial charge in [-0.3, -0.25) is 0 Å². The van der Waals surface area contributed by atoms with Gasteiger partial charge in [-0.15, -0.1) is 5.10 Å². The van der Waals surface area contributed by atoms with Crippen LogP contribution in [0.15, 0.2) is 53.7 Å². The molecular formula is C14H18N4O2. The average Bonchev–Trinajstić information content (AvgIpc) is 2.44. The molecule has 4 N–H and O–H groups in total. The molecule has 106 valence electrons. The quantitative estimate of drug-likeness (QED) is 0.324. The first-order valence-electron chi connectivity index (χ1n) is 5.90. The van der Waals surface area contributed by atoms with E-state index in [0.717, 1.165) is 5.56 Å². The number of hydrogen-bond acceptors (Lipinski definition) is 4. The number of nitrogens with two attached hydrogens (primary N) is 2. The summed E-state index contributed by atoms with van der Waals surface area (Å²) in [6, 6.07) is 5.34. The van der Waals surface area contributed by atoms with E-state index >= 15 is 0 Å². The van der Waals surface area contributed by atoms with Gasteiger partial charge in [0.25, 0.3) is 0 Å². The van der Waals surface area contributed by atoms with E-state index in [1.54, 1.807) is 30.4 Å². The van der Waals surface area contributed by atoms with Gasteiger partial charge in [0.2, 0.25) is 5.96 Å². The van der Waals surface area contributed by atoms with Crippen LogP contribution in [0.4, 0.5) is 0 Å². The average molecular weight is 274 g/mol. The van der Waals surface area contributed by atoms with Gasteiger partial charge in [0.1, 0.15) is 24.7 Å². The van der Waals surface area contributed by atoms with Crippen LogP contribution in [-0.4, -0.2) is 25.4 Å². The summed E-state index contributed by atoms with van der Waals surface area (Å²) in [6.45, 7) is 7.99. The molecule has 0 amide bonds. The predicted octanol–water partition coefficient (Wildman–Crippen LogP) is 1.42. The Morgan fingerprint density at radius 2 is 1.85 bits per heavy atom. The van der Waals surface area contributed by atoms with Crippen LogP contribution >= 0.6 is 0 Å². The molecule has 6 heteroatoms. The minimum absolute atomic E-state index is 0.110. The van der Waals surface area contributed by atoms with Crippen LogP contribution in [0.2, 0.25) is 0 Å². The number of guanidine groups is 1. The highest BCUT2D eigenvalue weighted by atomic mass is 16.5. The van der Waals surface area contributed by atoms with E-state index in [1.165, 1.54) is 6.21 Å². The fourth-order valence-corrected chi connectivity index (χ4v) is 1.30. The molecule has 0 aromatic heterocycles. The zero-order valence-electron chi connectivity index (χ0n) is 11.2. The molecule has 0 aliphatic carbocycles. The maximum absolute atomic E-state index is 5.54. The summed E-state index contributed by atoms with van der Waals surface area (Å²) in [5, 5.41) is 7.29. The Balaban J connectivity index is 2.96. The van der Waals surface area contributed by atoms with Crippen LogP contribution in [0.1, 0.15) is 5.56 Å². The van der Waals surface area contributed by atoms with Gasteiger partial charge >= 0.3 is 0 Å². The van der Waals surface area contributed by atoms with Gasteiger partial charge in [-0.1, -0.05) is 25.3 Å². The second-order valence-corrected chi connectivity index (χ2v) is 3.67. The van der Waals surface area contributed by atoms with E-state index in [2.05, 4.69) is 23.4 Å². The van der Waals surface area contributed by atoms with Gasteiger partial charge in [0.15, 0.2) is 0 Å². The van der Waals surface area contributed by atoms with E-state index in [0.29, 0.717) is 24.7 Å². The summed E-state index contributed by atoms with van der Waals surface area (Å²) < 4.78 is 11.0. The summed E-state index contributed by atoms with van der Waals surface area (Å²) in [4.78, 5) is 0. The molecule has 1 aromatic rings. The van der Waals surface area contributed by atoms with Crippen LogP contribution in [-0.2, 0) is 0 Å². The fourth-order valence-electron chi connectivity index (χ4n) is 1.30. The maximum Gasteiger partial charge on any atom is 0.211 e. The number of benzene rings is 1. The molecule has 0 saturated carbocycles. The lowest BCUT2D eigenvalue weighted by atomic mass is 10.2. The number of nitrogens with zero attached hydrogens (tertiary/aromatic N) is 2. The number of hydrogen-bond donors (Lipinski definition) is 2. The third kappa shape index (κ3) is 5.26. The molecule has 0 spiro atoms. The first-order valence-corrected chi connectivity index (χ1v) is 5.90. The largest absolute Gasteiger partial charge is 0.489 e. The Morgan fingerprint density at radius 1 is 1.15 bits per heavy atom. The van der Waals surface area contributed by atoms with Crippen molar-refractivity contribution in [1.29, 1.82) is 0 Å². The van der Waals surface area contributed by atoms with E-state index in [9.17, 15) is 0 Å². The van der Waals surface area contributed by atoms with Crippen LogP contribution in [0.25, 0.3) is 0 Å². The first kappa shape index (κ1) is 15.3. The zero-order chi connectivity index (χ0) is 14.8. The third-order valence-electron chi connectivity index (χ3n) is 2.08. The van der Waals surface area contributed by atoms with Gasteiger partial charge in [-0.25, -0.2) is 0 Å². The lowest BCUT2D eigenvalue weighted by Crippen LogP contribution is -2.21. The molecule has 0 saturated heterocycles. The molecule has 6 nitrogen and oxygen atoms in total. The van der Waals surface area contributed by atoms with Gasteiger partial charge in [0, 0.05) is 11.6 Å². The van der Waals surface area contributed by atoms with E-state index in [1.807, 2.05) is 0 Å². The molecule has 1 aromatic carbocycles. The van der Waals surface area contributed by atoms with E-state index < -0.39 is 0 Å². The molecule has 0 heterocycles. The van der Waals surface area contributed by atoms with Crippen molar-refractivity contribution in [3.8, 4) is 11.5 Å². The molecule has 0 bridgehead atoms. The van der Waals surface area contributed by atoms with Crippen molar-refractivity contribution in [1.82, 2.24) is 0 Å². The van der Waals surface area contributed by atoms with Crippen molar-refractivity contribution < 1.29 is 9.47 Å². The normalized spacial score (nSPS) is 10.0. The van der Waals surface area contributed by atoms with Crippen molar-refractivity contribution in [2.24, 2.45) is 21.7 Å². The topological polar surface area (TPSA) is 95.2 Å². The highest BCUT2D eigenvalue weighted by molar-refractivity contribution is 5.85. The van der Waals surface area contributed by atoms with Gasteiger partial charge < -0.3 is 20.9 Å². The molecule has 1 rings (SSSR count). The smallest absolute Gasteiger partial charge is 0.211 e. The lowest BCUT2D eigenvalue weighted by Gasteiger charge is -2.09. The molecule has 0 fully saturated rings. The SMILES string of the molecule is C=CCOc1ccc(C=NN=C(N)N)c(OCC=C)c1. The highest BCUT2D eigenvalue weighted by Crippen LogP contribution is 2.24. The summed E-state index contributed by atoms with van der Waals surface area (Å²) in [5.41, 5.74) is 11.1. The molecule has 0 atom stereocenters. The van der Waals surface area contributed by atoms with Crippen molar-refractivity contribution in [3.63, 3.8) is 0 Å². The molecule has 0 radical (unpaired) electrons. The summed E-state index contributed by atoms with van der Waals surface area (Å²) in [5.74, 6) is 1.16. The monoisotopic (exact) mass is 274 g/mol. The number of ether oxygens (including phenoxy) is 2. The fraction of sp³-hybridized carbons (Fsp3) is 0.143. The van der Waals surface area contributed by atoms with Gasteiger partial charge in [-0.05, 0) is 12.1 Å². The second-order valence-electron chi connectivity index (χ2n) is 3.67. The van der Waals surface area contributed by atoms with Crippen molar-refractivity contribution in [2.75, 3.05) is 13.2 Å². The van der Waals surface area contributed by atoms with Crippen LogP contribution < -0.4 is 20.9 Å². The number of rotatable bonds is 8. The van der Waals surface area contributed by atoms with Crippen LogP contribution in [0.5, 0.6) is 11.5 Å². The first-order chi connectivity index (χ1) is 9.67. The van der Waals surface area contributed by atoms with Crippen molar-refractivity contribution >= 4 is 12.2 Å². The van der Waals surface area contributed by atoms with Gasteiger partial charge in [0.05, 0.1) is 6.21 Å². The van der Waals surface area contributed by atoms with Crippen molar-refractivity contribution in [3.05, 3.63) is 49.1 Å². The molecule has 0 aliphatic rings. The lowest BCUT2D eigenvalue weighted by molar-refractivity contribution is 0.344. The van der Waals surface area contributed by atoms with Crippen LogP contribution in [0.3, 0.4) is 0 Å². The molecule has 0 unspecified atom stereocenters. The molecular weight excluding hydrogens is 256 g/mol. The minimum Gasteiger partial charge on any atom is -0.489 e. The summed E-state index contributed by atoms with van der Waals surface area (Å²) >= 11 is 0. The van der Waals surface area contributed by atoms with Gasteiger partial charge in [-0.2, -0.15) is 5.10 Å². The summed E-state index contributed by atoms with van der Waals surface area (Å²) in [6.07, 6.45) is 4.81. The Labute approximate surface area is 118 Å².